The van der Waals surface area contributed by atoms with E-state index in [1.165, 1.54) is 147 Å². The maximum absolute atomic E-state index is 10.7. The SMILES string of the molecule is N#Cc1ccccc1C1CC2C3B(C4CNC5CCCC6C7CCCC8CCCC(C87)N2C4C56)C2CNC4CCCC5C6CCCC7CCCC(C76)N(C3C1)C2C45. The number of benzene rings is 1. The van der Waals surface area contributed by atoms with Crippen LogP contribution >= 0.6 is 0 Å². The maximum atomic E-state index is 10.7. The molecule has 304 valence electrons. The van der Waals surface area contributed by atoms with Crippen molar-refractivity contribution in [1.29, 1.82) is 5.26 Å². The molecule has 57 heavy (non-hydrogen) atoms. The highest BCUT2D eigenvalue weighted by molar-refractivity contribution is 6.65. The third-order valence-corrected chi connectivity index (χ3v) is 22.5. The summed E-state index contributed by atoms with van der Waals surface area (Å²) in [6.07, 6.45) is 29.6. The van der Waals surface area contributed by atoms with Crippen LogP contribution in [0.3, 0.4) is 0 Å². The molecular weight excluding hydrogens is 693 g/mol. The van der Waals surface area contributed by atoms with Crippen molar-refractivity contribution in [2.24, 2.45) is 59.2 Å². The van der Waals surface area contributed by atoms with Crippen molar-refractivity contribution in [3.05, 3.63) is 35.4 Å². The molecule has 13 aliphatic rings. The standard InChI is InChI=1S/C51H72BN5/c53-25-30-9-1-2-14-32(30)31-23-43-49-44(24-31)57-42-22-6-13-29-11-4-16-34(46(29)42)36-18-8-20-40-48(36)51(57)38(27-55-40)52(49)37-26-54-39-19-7-17-35-33-15-3-10-28-12-5-21-41(45(28)33)56(43)50(37)47(35)39/h1-2,9,14,28-29,31,33-51,54-55H,3-8,10-13,15-24,26-27H2. The van der Waals surface area contributed by atoms with Gasteiger partial charge in [-0.3, -0.25) is 9.80 Å². The summed E-state index contributed by atoms with van der Waals surface area (Å²) in [4.78, 5) is 7.07. The molecule has 20 unspecified atom stereocenters. The smallest absolute Gasteiger partial charge is 0.160 e. The molecular formula is C51H72BN5. The molecule has 0 spiro atoms. The minimum Gasteiger partial charge on any atom is -0.314 e. The molecule has 0 amide bonds. The van der Waals surface area contributed by atoms with Crippen LogP contribution in [0.2, 0.25) is 17.5 Å². The van der Waals surface area contributed by atoms with Crippen molar-refractivity contribution in [3.63, 3.8) is 0 Å². The second-order valence-corrected chi connectivity index (χ2v) is 23.6. The van der Waals surface area contributed by atoms with Crippen LogP contribution in [0, 0.1) is 70.5 Å². The van der Waals surface area contributed by atoms with Gasteiger partial charge in [0.25, 0.3) is 0 Å². The summed E-state index contributed by atoms with van der Waals surface area (Å²) in [5.74, 6) is 12.3. The van der Waals surface area contributed by atoms with Crippen molar-refractivity contribution in [2.75, 3.05) is 13.1 Å². The molecule has 7 saturated carbocycles. The fourth-order valence-corrected chi connectivity index (χ4v) is 21.6. The molecule has 0 radical (unpaired) electrons. The molecule has 6 saturated heterocycles. The first-order chi connectivity index (χ1) is 28.3. The molecule has 2 N–H and O–H groups in total. The molecule has 0 aromatic heterocycles. The molecule has 14 rings (SSSR count). The maximum Gasteiger partial charge on any atom is 0.160 e. The summed E-state index contributed by atoms with van der Waals surface area (Å²) in [5, 5.41) is 19.7. The van der Waals surface area contributed by atoms with Gasteiger partial charge in [0.05, 0.1) is 11.6 Å². The minimum absolute atomic E-state index is 0.509. The molecule has 0 bridgehead atoms. The number of nitrogens with zero attached hydrogens (tertiary/aromatic N) is 3. The molecule has 6 aliphatic heterocycles. The molecule has 7 aliphatic carbocycles. The average Bonchev–Trinajstić information content (AvgIpc) is 3.48. The van der Waals surface area contributed by atoms with Crippen molar-refractivity contribution in [2.45, 2.75) is 200 Å². The van der Waals surface area contributed by atoms with Gasteiger partial charge in [-0.25, -0.2) is 0 Å². The molecule has 13 fully saturated rings. The van der Waals surface area contributed by atoms with Gasteiger partial charge in [0.1, 0.15) is 0 Å². The van der Waals surface area contributed by atoms with Gasteiger partial charge in [-0.05, 0) is 171 Å². The van der Waals surface area contributed by atoms with E-state index in [1.807, 2.05) is 0 Å². The van der Waals surface area contributed by atoms with Gasteiger partial charge in [0.2, 0.25) is 0 Å². The van der Waals surface area contributed by atoms with E-state index in [0.29, 0.717) is 18.0 Å². The summed E-state index contributed by atoms with van der Waals surface area (Å²) in [6, 6.07) is 17.9. The van der Waals surface area contributed by atoms with Crippen molar-refractivity contribution in [1.82, 2.24) is 20.4 Å². The van der Waals surface area contributed by atoms with E-state index >= 15 is 0 Å². The monoisotopic (exact) mass is 766 g/mol. The highest BCUT2D eigenvalue weighted by Gasteiger charge is 2.72. The Morgan fingerprint density at radius 3 is 1.54 bits per heavy atom. The molecule has 6 heteroatoms. The zero-order chi connectivity index (χ0) is 37.1. The van der Waals surface area contributed by atoms with Crippen LogP contribution in [0.4, 0.5) is 0 Å². The topological polar surface area (TPSA) is 54.3 Å². The Labute approximate surface area is 345 Å². The van der Waals surface area contributed by atoms with Gasteiger partial charge in [0, 0.05) is 48.3 Å². The normalized spacial score (nSPS) is 55.6. The van der Waals surface area contributed by atoms with Crippen molar-refractivity contribution < 1.29 is 0 Å². The predicted octanol–water partition coefficient (Wildman–Crippen LogP) is 9.12. The van der Waals surface area contributed by atoms with E-state index < -0.39 is 0 Å². The lowest BCUT2D eigenvalue weighted by Crippen LogP contribution is -2.80. The van der Waals surface area contributed by atoms with E-state index in [-0.39, 0.29) is 0 Å². The summed E-state index contributed by atoms with van der Waals surface area (Å²) in [5.41, 5.74) is 2.42. The van der Waals surface area contributed by atoms with E-state index in [9.17, 15) is 5.26 Å². The molecule has 20 atom stereocenters. The fraction of sp³-hybridized carbons (Fsp3) is 0.863. The van der Waals surface area contributed by atoms with E-state index in [4.69, 9.17) is 0 Å². The third kappa shape index (κ3) is 4.79. The Balaban J connectivity index is 0.990. The zero-order valence-electron chi connectivity index (χ0n) is 35.0. The van der Waals surface area contributed by atoms with E-state index in [1.54, 1.807) is 0 Å². The first kappa shape index (κ1) is 35.2. The van der Waals surface area contributed by atoms with Gasteiger partial charge in [-0.2, -0.15) is 5.26 Å². The lowest BCUT2D eigenvalue weighted by molar-refractivity contribution is -0.0989. The highest BCUT2D eigenvalue weighted by Crippen LogP contribution is 2.69. The third-order valence-electron chi connectivity index (χ3n) is 22.5. The number of hydrogen-bond acceptors (Lipinski definition) is 5. The lowest BCUT2D eigenvalue weighted by atomic mass is 9.18. The number of nitriles is 1. The molecule has 6 heterocycles. The Morgan fingerprint density at radius 2 is 1.02 bits per heavy atom. The second kappa shape index (κ2) is 13.3. The Kier molecular flexibility index (Phi) is 8.23. The Morgan fingerprint density at radius 1 is 0.544 bits per heavy atom. The summed E-state index contributed by atoms with van der Waals surface area (Å²) in [6.45, 7) is 3.46. The number of hydrogen-bond donors (Lipinski definition) is 2. The number of nitrogens with one attached hydrogen (secondary N) is 2. The Hall–Kier alpha value is -1.39. The van der Waals surface area contributed by atoms with Gasteiger partial charge in [-0.1, -0.05) is 82.4 Å². The van der Waals surface area contributed by atoms with Crippen molar-refractivity contribution in [3.8, 4) is 6.07 Å². The van der Waals surface area contributed by atoms with Gasteiger partial charge in [0.15, 0.2) is 6.71 Å². The zero-order valence-corrected chi connectivity index (χ0v) is 35.0. The minimum atomic E-state index is 0.509. The molecule has 1 aromatic carbocycles. The van der Waals surface area contributed by atoms with Gasteiger partial charge in [-0.15, -0.1) is 0 Å². The predicted molar refractivity (Wildman–Crippen MR) is 228 cm³/mol. The first-order valence-electron chi connectivity index (χ1n) is 25.8. The Bertz CT molecular complexity index is 1680. The van der Waals surface area contributed by atoms with Crippen LogP contribution in [0.5, 0.6) is 0 Å². The van der Waals surface area contributed by atoms with E-state index in [0.717, 1.165) is 125 Å². The van der Waals surface area contributed by atoms with Crippen LogP contribution in [-0.2, 0) is 0 Å². The highest BCUT2D eigenvalue weighted by atomic mass is 15.3. The quantitative estimate of drug-likeness (QED) is 0.280. The van der Waals surface area contributed by atoms with Crippen LogP contribution < -0.4 is 10.6 Å². The number of rotatable bonds is 1. The van der Waals surface area contributed by atoms with Gasteiger partial charge < -0.3 is 10.6 Å². The van der Waals surface area contributed by atoms with E-state index in [2.05, 4.69) is 50.8 Å². The lowest BCUT2D eigenvalue weighted by Gasteiger charge is -2.72. The summed E-state index contributed by atoms with van der Waals surface area (Å²) in [7, 11) is 0. The largest absolute Gasteiger partial charge is 0.314 e. The molecule has 1 aromatic rings. The number of fused-ring (bicyclic) bond motifs is 8. The molecule has 5 nitrogen and oxygen atoms in total. The fourth-order valence-electron chi connectivity index (χ4n) is 21.6. The van der Waals surface area contributed by atoms with Crippen LogP contribution in [0.1, 0.15) is 145 Å². The van der Waals surface area contributed by atoms with Crippen LogP contribution in [0.25, 0.3) is 0 Å². The van der Waals surface area contributed by atoms with Gasteiger partial charge >= 0.3 is 0 Å². The summed E-state index contributed by atoms with van der Waals surface area (Å²) < 4.78 is 0. The van der Waals surface area contributed by atoms with Crippen LogP contribution in [-0.4, -0.2) is 77.9 Å². The summed E-state index contributed by atoms with van der Waals surface area (Å²) >= 11 is 0. The van der Waals surface area contributed by atoms with Crippen LogP contribution in [0.15, 0.2) is 24.3 Å². The second-order valence-electron chi connectivity index (χ2n) is 23.6. The first-order valence-corrected chi connectivity index (χ1v) is 25.8. The number of piperidine rings is 2. The average molecular weight is 766 g/mol. The van der Waals surface area contributed by atoms with Crippen molar-refractivity contribution >= 4 is 6.71 Å².